The number of piperazine rings is 1. The van der Waals surface area contributed by atoms with Crippen LogP contribution in [0, 0.1) is 0 Å². The lowest BCUT2D eigenvalue weighted by Crippen LogP contribution is -2.54. The first kappa shape index (κ1) is 20.2. The molecule has 7 heteroatoms. The van der Waals surface area contributed by atoms with Crippen LogP contribution in [0.5, 0.6) is 0 Å². The zero-order chi connectivity index (χ0) is 19.9. The number of rotatable bonds is 4. The molecule has 7 nitrogen and oxygen atoms in total. The molecule has 0 unspecified atom stereocenters. The second kappa shape index (κ2) is 9.57. The van der Waals surface area contributed by atoms with E-state index in [1.54, 1.807) is 12.1 Å². The SMILES string of the molecule is CC(=O)Nc1ccc(CC(=O)N2CCN(C(=O)NC3CCCCC3)CC2)cc1. The van der Waals surface area contributed by atoms with Gasteiger partial charge in [0.05, 0.1) is 6.42 Å². The lowest BCUT2D eigenvalue weighted by molar-refractivity contribution is -0.131. The number of hydrogen-bond donors (Lipinski definition) is 2. The van der Waals surface area contributed by atoms with Gasteiger partial charge in [0.2, 0.25) is 11.8 Å². The summed E-state index contributed by atoms with van der Waals surface area (Å²) in [5.74, 6) is -0.0474. The van der Waals surface area contributed by atoms with E-state index in [-0.39, 0.29) is 17.8 Å². The van der Waals surface area contributed by atoms with Crippen LogP contribution in [-0.2, 0) is 16.0 Å². The minimum Gasteiger partial charge on any atom is -0.339 e. The molecule has 0 bridgehead atoms. The highest BCUT2D eigenvalue weighted by Crippen LogP contribution is 2.18. The molecule has 1 saturated carbocycles. The standard InChI is InChI=1S/C21H30N4O3/c1-16(26)22-19-9-7-17(8-10-19)15-20(27)24-11-13-25(14-12-24)21(28)23-18-5-3-2-4-6-18/h7-10,18H,2-6,11-15H2,1H3,(H,22,26)(H,23,28). The Morgan fingerprint density at radius 3 is 2.14 bits per heavy atom. The third-order valence-electron chi connectivity index (χ3n) is 5.48. The molecule has 0 atom stereocenters. The predicted molar refractivity (Wildman–Crippen MR) is 108 cm³/mol. The molecule has 3 rings (SSSR count). The maximum absolute atomic E-state index is 12.6. The Morgan fingerprint density at radius 2 is 1.54 bits per heavy atom. The zero-order valence-electron chi connectivity index (χ0n) is 16.6. The Balaban J connectivity index is 1.43. The molecule has 1 saturated heterocycles. The van der Waals surface area contributed by atoms with Crippen molar-refractivity contribution >= 4 is 23.5 Å². The second-order valence-corrected chi connectivity index (χ2v) is 7.71. The Hall–Kier alpha value is -2.57. The molecule has 1 aliphatic heterocycles. The van der Waals surface area contributed by atoms with Gasteiger partial charge in [-0.05, 0) is 30.5 Å². The minimum atomic E-state index is -0.116. The van der Waals surface area contributed by atoms with Crippen LogP contribution in [0.4, 0.5) is 10.5 Å². The largest absolute Gasteiger partial charge is 0.339 e. The summed E-state index contributed by atoms with van der Waals surface area (Å²) in [5.41, 5.74) is 1.64. The maximum Gasteiger partial charge on any atom is 0.317 e. The van der Waals surface area contributed by atoms with Crippen LogP contribution in [-0.4, -0.2) is 59.9 Å². The number of nitrogens with zero attached hydrogens (tertiary/aromatic N) is 2. The fourth-order valence-corrected chi connectivity index (χ4v) is 3.87. The third kappa shape index (κ3) is 5.71. The summed E-state index contributed by atoms with van der Waals surface area (Å²) in [6, 6.07) is 7.64. The fourth-order valence-electron chi connectivity index (χ4n) is 3.87. The molecule has 2 aliphatic rings. The smallest absolute Gasteiger partial charge is 0.317 e. The summed E-state index contributed by atoms with van der Waals surface area (Å²) in [7, 11) is 0. The van der Waals surface area contributed by atoms with Crippen molar-refractivity contribution in [3.05, 3.63) is 29.8 Å². The normalized spacial score (nSPS) is 17.9. The molecule has 1 aliphatic carbocycles. The molecule has 152 valence electrons. The van der Waals surface area contributed by atoms with E-state index < -0.39 is 0 Å². The molecular weight excluding hydrogens is 356 g/mol. The van der Waals surface area contributed by atoms with Crippen molar-refractivity contribution in [1.29, 1.82) is 0 Å². The van der Waals surface area contributed by atoms with Crippen LogP contribution in [0.25, 0.3) is 0 Å². The van der Waals surface area contributed by atoms with Gasteiger partial charge in [-0.3, -0.25) is 9.59 Å². The number of benzene rings is 1. The molecular formula is C21H30N4O3. The van der Waals surface area contributed by atoms with Crippen LogP contribution >= 0.6 is 0 Å². The van der Waals surface area contributed by atoms with Gasteiger partial charge in [0.1, 0.15) is 0 Å². The van der Waals surface area contributed by atoms with E-state index in [9.17, 15) is 14.4 Å². The maximum atomic E-state index is 12.6. The fraction of sp³-hybridized carbons (Fsp3) is 0.571. The van der Waals surface area contributed by atoms with Crippen molar-refractivity contribution < 1.29 is 14.4 Å². The van der Waals surface area contributed by atoms with E-state index in [0.717, 1.165) is 24.1 Å². The Labute approximate surface area is 166 Å². The van der Waals surface area contributed by atoms with Crippen molar-refractivity contribution in [2.24, 2.45) is 0 Å². The van der Waals surface area contributed by atoms with Gasteiger partial charge in [0.25, 0.3) is 0 Å². The summed E-state index contributed by atoms with van der Waals surface area (Å²) in [6.45, 7) is 3.76. The summed E-state index contributed by atoms with van der Waals surface area (Å²) >= 11 is 0. The van der Waals surface area contributed by atoms with E-state index in [2.05, 4.69) is 10.6 Å². The number of urea groups is 1. The molecule has 0 aromatic heterocycles. The van der Waals surface area contributed by atoms with Crippen molar-refractivity contribution in [3.8, 4) is 0 Å². The average Bonchev–Trinajstić information content (AvgIpc) is 2.70. The second-order valence-electron chi connectivity index (χ2n) is 7.71. The number of hydrogen-bond acceptors (Lipinski definition) is 3. The van der Waals surface area contributed by atoms with Gasteiger partial charge in [-0.15, -0.1) is 0 Å². The molecule has 2 fully saturated rings. The number of nitrogens with one attached hydrogen (secondary N) is 2. The number of anilines is 1. The Bertz CT molecular complexity index is 690. The monoisotopic (exact) mass is 386 g/mol. The Morgan fingerprint density at radius 1 is 0.929 bits per heavy atom. The van der Waals surface area contributed by atoms with Crippen LogP contribution in [0.2, 0.25) is 0 Å². The van der Waals surface area contributed by atoms with Crippen LogP contribution < -0.4 is 10.6 Å². The molecule has 2 N–H and O–H groups in total. The van der Waals surface area contributed by atoms with Gasteiger partial charge in [-0.1, -0.05) is 31.4 Å². The molecule has 1 aromatic rings. The lowest BCUT2D eigenvalue weighted by atomic mass is 9.96. The van der Waals surface area contributed by atoms with E-state index in [1.807, 2.05) is 21.9 Å². The number of carbonyl (C=O) groups excluding carboxylic acids is 3. The number of amides is 4. The van der Waals surface area contributed by atoms with Crippen molar-refractivity contribution in [2.45, 2.75) is 51.5 Å². The summed E-state index contributed by atoms with van der Waals surface area (Å²) < 4.78 is 0. The van der Waals surface area contributed by atoms with Gasteiger partial charge in [0, 0.05) is 44.8 Å². The highest BCUT2D eigenvalue weighted by atomic mass is 16.2. The van der Waals surface area contributed by atoms with Crippen molar-refractivity contribution in [1.82, 2.24) is 15.1 Å². The zero-order valence-corrected chi connectivity index (χ0v) is 16.6. The van der Waals surface area contributed by atoms with Crippen LogP contribution in [0.1, 0.15) is 44.6 Å². The highest BCUT2D eigenvalue weighted by molar-refractivity contribution is 5.88. The van der Waals surface area contributed by atoms with E-state index in [1.165, 1.54) is 26.2 Å². The molecule has 1 heterocycles. The van der Waals surface area contributed by atoms with Gasteiger partial charge >= 0.3 is 6.03 Å². The van der Waals surface area contributed by atoms with E-state index in [0.29, 0.717) is 38.6 Å². The van der Waals surface area contributed by atoms with Crippen molar-refractivity contribution in [3.63, 3.8) is 0 Å². The summed E-state index contributed by atoms with van der Waals surface area (Å²) in [4.78, 5) is 39.7. The van der Waals surface area contributed by atoms with Crippen molar-refractivity contribution in [2.75, 3.05) is 31.5 Å². The highest BCUT2D eigenvalue weighted by Gasteiger charge is 2.25. The number of carbonyl (C=O) groups is 3. The first-order valence-corrected chi connectivity index (χ1v) is 10.2. The molecule has 0 radical (unpaired) electrons. The summed E-state index contributed by atoms with van der Waals surface area (Å²) in [6.07, 6.45) is 6.13. The van der Waals surface area contributed by atoms with E-state index in [4.69, 9.17) is 0 Å². The molecule has 4 amide bonds. The van der Waals surface area contributed by atoms with E-state index >= 15 is 0 Å². The minimum absolute atomic E-state index is 0.00700. The van der Waals surface area contributed by atoms with Gasteiger partial charge in [-0.2, -0.15) is 0 Å². The van der Waals surface area contributed by atoms with Crippen LogP contribution in [0.15, 0.2) is 24.3 Å². The van der Waals surface area contributed by atoms with Gasteiger partial charge < -0.3 is 20.4 Å². The lowest BCUT2D eigenvalue weighted by Gasteiger charge is -2.36. The molecule has 0 spiro atoms. The molecule has 28 heavy (non-hydrogen) atoms. The van der Waals surface area contributed by atoms with Gasteiger partial charge in [-0.25, -0.2) is 4.79 Å². The molecule has 1 aromatic carbocycles. The average molecular weight is 386 g/mol. The predicted octanol–water partition coefficient (Wildman–Crippen LogP) is 2.37. The first-order chi connectivity index (χ1) is 13.5. The summed E-state index contributed by atoms with van der Waals surface area (Å²) in [5, 5.41) is 5.86. The topological polar surface area (TPSA) is 81.8 Å². The van der Waals surface area contributed by atoms with Crippen LogP contribution in [0.3, 0.4) is 0 Å². The third-order valence-corrected chi connectivity index (χ3v) is 5.48. The quantitative estimate of drug-likeness (QED) is 0.834. The Kier molecular flexibility index (Phi) is 6.90. The first-order valence-electron chi connectivity index (χ1n) is 10.2. The van der Waals surface area contributed by atoms with Gasteiger partial charge in [0.15, 0.2) is 0 Å².